The van der Waals surface area contributed by atoms with E-state index in [0.29, 0.717) is 5.56 Å². The van der Waals surface area contributed by atoms with E-state index in [1.54, 1.807) is 48.5 Å². The Labute approximate surface area is 149 Å². The summed E-state index contributed by atoms with van der Waals surface area (Å²) in [5.74, 6) is -0.497. The number of primary amides is 1. The van der Waals surface area contributed by atoms with E-state index in [1.807, 2.05) is 0 Å². The fraction of sp³-hybridized carbons (Fsp3) is 0.235. The molecule has 0 unspecified atom stereocenters. The molecule has 1 saturated carbocycles. The maximum Gasteiger partial charge on any atom is 0.248 e. The second-order valence-corrected chi connectivity index (χ2v) is 8.60. The van der Waals surface area contributed by atoms with E-state index >= 15 is 0 Å². The van der Waals surface area contributed by atoms with Gasteiger partial charge in [0.1, 0.15) is 0 Å². The summed E-state index contributed by atoms with van der Waals surface area (Å²) in [5, 5.41) is 0. The van der Waals surface area contributed by atoms with Gasteiger partial charge in [0.25, 0.3) is 0 Å². The molecule has 2 aromatic carbocycles. The van der Waals surface area contributed by atoms with Crippen LogP contribution in [0, 0.1) is 0 Å². The van der Waals surface area contributed by atoms with Crippen molar-refractivity contribution in [3.8, 4) is 0 Å². The first-order chi connectivity index (χ1) is 11.4. The topological polar surface area (TPSA) is 80.5 Å². The first-order valence-electron chi connectivity index (χ1n) is 7.54. The lowest BCUT2D eigenvalue weighted by atomic mass is 10.1. The molecule has 2 aromatic rings. The van der Waals surface area contributed by atoms with Crippen molar-refractivity contribution in [1.29, 1.82) is 0 Å². The molecule has 3 rings (SSSR count). The maximum absolute atomic E-state index is 12.9. The Bertz CT molecular complexity index is 844. The van der Waals surface area contributed by atoms with Gasteiger partial charge in [-0.05, 0) is 54.8 Å². The highest BCUT2D eigenvalue weighted by Crippen LogP contribution is 2.33. The average Bonchev–Trinajstić information content (AvgIpc) is 3.38. The molecule has 1 amide bonds. The minimum Gasteiger partial charge on any atom is -0.366 e. The average molecular weight is 409 g/mol. The summed E-state index contributed by atoms with van der Waals surface area (Å²) in [6, 6.07) is 13.4. The number of nitrogens with two attached hydrogens (primary N) is 1. The van der Waals surface area contributed by atoms with Crippen molar-refractivity contribution >= 4 is 31.9 Å². The number of hydrogen-bond donors (Lipinski definition) is 1. The molecule has 0 bridgehead atoms. The number of rotatable bonds is 6. The van der Waals surface area contributed by atoms with Gasteiger partial charge in [-0.25, -0.2) is 8.42 Å². The molecule has 24 heavy (non-hydrogen) atoms. The third-order valence-corrected chi connectivity index (χ3v) is 6.39. The van der Waals surface area contributed by atoms with Gasteiger partial charge in [0.15, 0.2) is 0 Å². The molecular weight excluding hydrogens is 392 g/mol. The minimum absolute atomic E-state index is 0.0365. The summed E-state index contributed by atoms with van der Waals surface area (Å²) in [7, 11) is -3.56. The van der Waals surface area contributed by atoms with E-state index < -0.39 is 15.9 Å². The van der Waals surface area contributed by atoms with Gasteiger partial charge in [-0.15, -0.1) is 0 Å². The van der Waals surface area contributed by atoms with Crippen molar-refractivity contribution in [3.05, 3.63) is 64.1 Å². The number of nitrogens with zero attached hydrogens (tertiary/aromatic N) is 1. The number of carbonyl (C=O) groups excluding carboxylic acids is 1. The van der Waals surface area contributed by atoms with E-state index in [0.717, 1.165) is 22.9 Å². The summed E-state index contributed by atoms with van der Waals surface area (Å²) < 4.78 is 28.3. The van der Waals surface area contributed by atoms with Crippen molar-refractivity contribution < 1.29 is 13.2 Å². The van der Waals surface area contributed by atoms with Crippen molar-refractivity contribution in [3.63, 3.8) is 0 Å². The maximum atomic E-state index is 12.9. The Kier molecular flexibility index (Phi) is 4.76. The van der Waals surface area contributed by atoms with Crippen LogP contribution in [0.25, 0.3) is 0 Å². The zero-order chi connectivity index (χ0) is 17.3. The smallest absolute Gasteiger partial charge is 0.248 e. The van der Waals surface area contributed by atoms with Crippen molar-refractivity contribution in [2.45, 2.75) is 30.3 Å². The lowest BCUT2D eigenvalue weighted by Crippen LogP contribution is -2.32. The van der Waals surface area contributed by atoms with Gasteiger partial charge in [0.2, 0.25) is 15.9 Å². The molecule has 126 valence electrons. The Morgan fingerprint density at radius 3 is 2.17 bits per heavy atom. The zero-order valence-electron chi connectivity index (χ0n) is 12.9. The largest absolute Gasteiger partial charge is 0.366 e. The predicted molar refractivity (Wildman–Crippen MR) is 94.9 cm³/mol. The summed E-state index contributed by atoms with van der Waals surface area (Å²) in [6.07, 6.45) is 1.74. The van der Waals surface area contributed by atoms with Crippen LogP contribution in [0.1, 0.15) is 28.8 Å². The van der Waals surface area contributed by atoms with E-state index in [2.05, 4.69) is 15.9 Å². The first kappa shape index (κ1) is 17.1. The van der Waals surface area contributed by atoms with Crippen LogP contribution >= 0.6 is 15.9 Å². The number of halogens is 1. The molecule has 0 atom stereocenters. The van der Waals surface area contributed by atoms with Crippen molar-refractivity contribution in [2.24, 2.45) is 5.73 Å². The molecule has 0 aromatic heterocycles. The van der Waals surface area contributed by atoms with Gasteiger partial charge in [-0.3, -0.25) is 4.79 Å². The van der Waals surface area contributed by atoms with Gasteiger partial charge in [-0.2, -0.15) is 4.31 Å². The van der Waals surface area contributed by atoms with Crippen molar-refractivity contribution in [2.75, 3.05) is 0 Å². The molecule has 1 aliphatic carbocycles. The van der Waals surface area contributed by atoms with E-state index in [9.17, 15) is 13.2 Å². The van der Waals surface area contributed by atoms with Crippen LogP contribution in [0.3, 0.4) is 0 Å². The number of carbonyl (C=O) groups is 1. The van der Waals surface area contributed by atoms with Crippen LogP contribution in [-0.2, 0) is 16.6 Å². The molecule has 0 saturated heterocycles. The number of amides is 1. The second kappa shape index (κ2) is 6.66. The number of benzene rings is 2. The third kappa shape index (κ3) is 3.68. The van der Waals surface area contributed by atoms with Gasteiger partial charge < -0.3 is 5.73 Å². The van der Waals surface area contributed by atoms with Gasteiger partial charge in [0, 0.05) is 22.6 Å². The van der Waals surface area contributed by atoms with Crippen LogP contribution in [0.4, 0.5) is 0 Å². The summed E-state index contributed by atoms with van der Waals surface area (Å²) in [6.45, 7) is 0.280. The fourth-order valence-corrected chi connectivity index (χ4v) is 4.41. The van der Waals surface area contributed by atoms with Crippen LogP contribution < -0.4 is 5.73 Å². The standard InChI is InChI=1S/C17H17BrN2O3S/c18-14-5-9-16(10-6-14)24(22,23)20(15-7-8-15)11-12-1-3-13(4-2-12)17(19)21/h1-6,9-10,15H,7-8,11H2,(H2,19,21). The number of hydrogen-bond acceptors (Lipinski definition) is 3. The zero-order valence-corrected chi connectivity index (χ0v) is 15.3. The molecule has 2 N–H and O–H groups in total. The Morgan fingerprint density at radius 1 is 1.08 bits per heavy atom. The highest BCUT2D eigenvalue weighted by Gasteiger charge is 2.38. The molecule has 0 radical (unpaired) electrons. The van der Waals surface area contributed by atoms with E-state index in [1.165, 1.54) is 4.31 Å². The monoisotopic (exact) mass is 408 g/mol. The van der Waals surface area contributed by atoms with Gasteiger partial charge >= 0.3 is 0 Å². The fourth-order valence-electron chi connectivity index (χ4n) is 2.47. The summed E-state index contributed by atoms with van der Waals surface area (Å²) in [4.78, 5) is 11.4. The van der Waals surface area contributed by atoms with E-state index in [4.69, 9.17) is 5.73 Å². The molecule has 0 aliphatic heterocycles. The van der Waals surface area contributed by atoms with Gasteiger partial charge in [0.05, 0.1) is 4.90 Å². The second-order valence-electron chi connectivity index (χ2n) is 5.80. The summed E-state index contributed by atoms with van der Waals surface area (Å²) in [5.41, 5.74) is 6.47. The molecule has 7 heteroatoms. The van der Waals surface area contributed by atoms with Crippen LogP contribution in [-0.4, -0.2) is 24.7 Å². The van der Waals surface area contributed by atoms with Crippen molar-refractivity contribution in [1.82, 2.24) is 4.31 Å². The van der Waals surface area contributed by atoms with Crippen LogP contribution in [0.15, 0.2) is 57.9 Å². The Balaban J connectivity index is 1.87. The quantitative estimate of drug-likeness (QED) is 0.797. The van der Waals surface area contributed by atoms with E-state index in [-0.39, 0.29) is 17.5 Å². The first-order valence-corrected chi connectivity index (χ1v) is 9.77. The van der Waals surface area contributed by atoms with Crippen LogP contribution in [0.2, 0.25) is 0 Å². The third-order valence-electron chi connectivity index (χ3n) is 3.95. The summed E-state index contributed by atoms with van der Waals surface area (Å²) >= 11 is 3.32. The molecule has 5 nitrogen and oxygen atoms in total. The predicted octanol–water partition coefficient (Wildman–Crippen LogP) is 2.90. The SMILES string of the molecule is NC(=O)c1ccc(CN(C2CC2)S(=O)(=O)c2ccc(Br)cc2)cc1. The lowest BCUT2D eigenvalue weighted by molar-refractivity contribution is 0.1000. The molecular formula is C17H17BrN2O3S. The normalized spacial score (nSPS) is 14.8. The Hall–Kier alpha value is -1.70. The van der Waals surface area contributed by atoms with Crippen LogP contribution in [0.5, 0.6) is 0 Å². The minimum atomic E-state index is -3.56. The highest BCUT2D eigenvalue weighted by atomic mass is 79.9. The molecule has 1 fully saturated rings. The molecule has 0 heterocycles. The number of sulfonamides is 1. The molecule has 1 aliphatic rings. The lowest BCUT2D eigenvalue weighted by Gasteiger charge is -2.22. The molecule has 0 spiro atoms. The highest BCUT2D eigenvalue weighted by molar-refractivity contribution is 9.10. The van der Waals surface area contributed by atoms with Gasteiger partial charge in [-0.1, -0.05) is 28.1 Å². The Morgan fingerprint density at radius 2 is 1.67 bits per heavy atom.